The van der Waals surface area contributed by atoms with E-state index < -0.39 is 4.92 Å². The molecular weight excluding hydrogens is 322 g/mol. The van der Waals surface area contributed by atoms with Crippen molar-refractivity contribution in [2.45, 2.75) is 12.3 Å². The quantitative estimate of drug-likeness (QED) is 0.686. The molecule has 1 heterocycles. The molecule has 2 aromatic rings. The lowest BCUT2D eigenvalue weighted by atomic mass is 9.77. The minimum Gasteiger partial charge on any atom is -0.364 e. The van der Waals surface area contributed by atoms with Gasteiger partial charge in [-0.05, 0) is 33.5 Å². The van der Waals surface area contributed by atoms with Gasteiger partial charge in [0, 0.05) is 29.2 Å². The first-order chi connectivity index (χ1) is 9.65. The number of hydrogen-bond acceptors (Lipinski definition) is 4. The van der Waals surface area contributed by atoms with Crippen LogP contribution in [0.15, 0.2) is 41.0 Å². The molecule has 0 saturated heterocycles. The number of nitrogens with one attached hydrogen (secondary N) is 1. The van der Waals surface area contributed by atoms with Crippen LogP contribution in [0.5, 0.6) is 0 Å². The van der Waals surface area contributed by atoms with Crippen molar-refractivity contribution in [1.82, 2.24) is 4.98 Å². The lowest BCUT2D eigenvalue weighted by Crippen LogP contribution is -2.24. The Morgan fingerprint density at radius 1 is 1.45 bits per heavy atom. The number of benzene rings is 1. The maximum absolute atomic E-state index is 11.0. The van der Waals surface area contributed by atoms with E-state index in [9.17, 15) is 10.1 Å². The van der Waals surface area contributed by atoms with Gasteiger partial charge in [0.1, 0.15) is 0 Å². The number of hydrogen-bond donors (Lipinski definition) is 1. The molecular formula is C14H12BrN3O2. The van der Waals surface area contributed by atoms with Crippen molar-refractivity contribution in [3.8, 4) is 0 Å². The van der Waals surface area contributed by atoms with Crippen LogP contribution in [0.25, 0.3) is 0 Å². The van der Waals surface area contributed by atoms with Gasteiger partial charge in [-0.3, -0.25) is 10.1 Å². The van der Waals surface area contributed by atoms with Crippen LogP contribution in [0.2, 0.25) is 0 Å². The zero-order chi connectivity index (χ0) is 14.1. The third-order valence-corrected chi connectivity index (χ3v) is 3.94. The summed E-state index contributed by atoms with van der Waals surface area (Å²) in [5.74, 6) is 0.721. The molecule has 1 atom stereocenters. The Morgan fingerprint density at radius 3 is 3.00 bits per heavy atom. The van der Waals surface area contributed by atoms with Crippen molar-refractivity contribution in [3.63, 3.8) is 0 Å². The van der Waals surface area contributed by atoms with E-state index in [0.29, 0.717) is 22.8 Å². The normalized spacial score (nSPS) is 16.1. The van der Waals surface area contributed by atoms with E-state index in [2.05, 4.69) is 38.4 Å². The molecule has 1 aliphatic carbocycles. The van der Waals surface area contributed by atoms with Crippen molar-refractivity contribution in [2.75, 3.05) is 11.9 Å². The zero-order valence-corrected chi connectivity index (χ0v) is 12.1. The largest absolute Gasteiger partial charge is 0.364 e. The van der Waals surface area contributed by atoms with E-state index in [0.717, 1.165) is 6.42 Å². The summed E-state index contributed by atoms with van der Waals surface area (Å²) in [6.45, 7) is 0.659. The summed E-state index contributed by atoms with van der Waals surface area (Å²) in [6.07, 6.45) is 2.57. The van der Waals surface area contributed by atoms with Gasteiger partial charge >= 0.3 is 5.69 Å². The molecule has 102 valence electrons. The molecule has 0 amide bonds. The Labute approximate surface area is 124 Å². The summed E-state index contributed by atoms with van der Waals surface area (Å²) < 4.78 is 0.601. The van der Waals surface area contributed by atoms with Crippen LogP contribution in [-0.4, -0.2) is 16.5 Å². The fraction of sp³-hybridized carbons (Fsp3) is 0.214. The van der Waals surface area contributed by atoms with E-state index in [4.69, 9.17) is 0 Å². The average molecular weight is 334 g/mol. The van der Waals surface area contributed by atoms with Crippen molar-refractivity contribution >= 4 is 27.4 Å². The van der Waals surface area contributed by atoms with Gasteiger partial charge in [0.05, 0.1) is 4.92 Å². The van der Waals surface area contributed by atoms with Gasteiger partial charge in [-0.1, -0.05) is 24.3 Å². The number of aromatic nitrogens is 1. The summed E-state index contributed by atoms with van der Waals surface area (Å²) >= 11 is 3.20. The maximum Gasteiger partial charge on any atom is 0.312 e. The Hall–Kier alpha value is -1.95. The fourth-order valence-electron chi connectivity index (χ4n) is 2.47. The second-order valence-corrected chi connectivity index (χ2v) is 5.67. The highest BCUT2D eigenvalue weighted by Gasteiger charge is 2.26. The maximum atomic E-state index is 11.0. The molecule has 0 fully saturated rings. The predicted octanol–water partition coefficient (Wildman–Crippen LogP) is 3.50. The first-order valence-electron chi connectivity index (χ1n) is 6.27. The van der Waals surface area contributed by atoms with Crippen LogP contribution in [0.4, 0.5) is 11.5 Å². The van der Waals surface area contributed by atoms with Crippen LogP contribution in [0.1, 0.15) is 17.0 Å². The Morgan fingerprint density at radius 2 is 2.25 bits per heavy atom. The van der Waals surface area contributed by atoms with Crippen LogP contribution < -0.4 is 5.32 Å². The van der Waals surface area contributed by atoms with Crippen LogP contribution in [-0.2, 0) is 6.42 Å². The fourth-order valence-corrected chi connectivity index (χ4v) is 2.79. The van der Waals surface area contributed by atoms with Gasteiger partial charge in [0.25, 0.3) is 0 Å². The first-order valence-corrected chi connectivity index (χ1v) is 7.06. The van der Waals surface area contributed by atoms with Crippen LogP contribution in [0, 0.1) is 10.1 Å². The van der Waals surface area contributed by atoms with Gasteiger partial charge < -0.3 is 5.32 Å². The predicted molar refractivity (Wildman–Crippen MR) is 80.0 cm³/mol. The van der Waals surface area contributed by atoms with Gasteiger partial charge in [0.2, 0.25) is 5.82 Å². The van der Waals surface area contributed by atoms with Crippen molar-refractivity contribution in [3.05, 3.63) is 62.2 Å². The number of nitro groups is 1. The Bertz CT molecular complexity index is 675. The molecule has 1 aromatic heterocycles. The summed E-state index contributed by atoms with van der Waals surface area (Å²) in [4.78, 5) is 14.7. The molecule has 0 aliphatic heterocycles. The van der Waals surface area contributed by atoms with E-state index in [-0.39, 0.29) is 5.69 Å². The SMILES string of the molecule is O=[N+]([O-])c1cc(Br)cnc1NCC1Cc2ccccc21. The summed E-state index contributed by atoms with van der Waals surface area (Å²) in [6, 6.07) is 9.74. The third kappa shape index (κ3) is 2.38. The number of nitrogens with zero attached hydrogens (tertiary/aromatic N) is 2. The lowest BCUT2D eigenvalue weighted by Gasteiger charge is -2.30. The smallest absolute Gasteiger partial charge is 0.312 e. The Balaban J connectivity index is 1.73. The molecule has 20 heavy (non-hydrogen) atoms. The van der Waals surface area contributed by atoms with Gasteiger partial charge in [-0.25, -0.2) is 4.98 Å². The highest BCUT2D eigenvalue weighted by atomic mass is 79.9. The number of pyridine rings is 1. The number of halogens is 1. The molecule has 1 aromatic carbocycles. The second-order valence-electron chi connectivity index (χ2n) is 4.76. The molecule has 0 spiro atoms. The molecule has 3 rings (SSSR count). The molecule has 1 N–H and O–H groups in total. The molecule has 0 bridgehead atoms. The van der Waals surface area contributed by atoms with Crippen LogP contribution >= 0.6 is 15.9 Å². The van der Waals surface area contributed by atoms with Crippen molar-refractivity contribution in [2.24, 2.45) is 0 Å². The molecule has 1 unspecified atom stereocenters. The monoisotopic (exact) mass is 333 g/mol. The molecule has 0 saturated carbocycles. The highest BCUT2D eigenvalue weighted by molar-refractivity contribution is 9.10. The number of rotatable bonds is 4. The molecule has 0 radical (unpaired) electrons. The van der Waals surface area contributed by atoms with E-state index >= 15 is 0 Å². The minimum absolute atomic E-state index is 0.00742. The summed E-state index contributed by atoms with van der Waals surface area (Å²) in [5.41, 5.74) is 2.67. The third-order valence-electron chi connectivity index (χ3n) is 3.51. The topological polar surface area (TPSA) is 68.1 Å². The van der Waals surface area contributed by atoms with Crippen LogP contribution in [0.3, 0.4) is 0 Å². The van der Waals surface area contributed by atoms with Gasteiger partial charge in [-0.2, -0.15) is 0 Å². The zero-order valence-electron chi connectivity index (χ0n) is 10.5. The van der Waals surface area contributed by atoms with E-state index in [1.807, 2.05) is 12.1 Å². The van der Waals surface area contributed by atoms with Crippen molar-refractivity contribution in [1.29, 1.82) is 0 Å². The standard InChI is InChI=1S/C14H12BrN3O2/c15-11-6-13(18(19)20)14(17-8-11)16-7-10-5-9-3-1-2-4-12(9)10/h1-4,6,8,10H,5,7H2,(H,16,17). The van der Waals surface area contributed by atoms with Gasteiger partial charge in [-0.15, -0.1) is 0 Å². The Kier molecular flexibility index (Phi) is 3.40. The molecule has 6 heteroatoms. The highest BCUT2D eigenvalue weighted by Crippen LogP contribution is 2.35. The number of fused-ring (bicyclic) bond motifs is 1. The number of anilines is 1. The summed E-state index contributed by atoms with van der Waals surface area (Å²) in [5, 5.41) is 14.1. The van der Waals surface area contributed by atoms with E-state index in [1.54, 1.807) is 6.20 Å². The van der Waals surface area contributed by atoms with Crippen molar-refractivity contribution < 1.29 is 4.92 Å². The van der Waals surface area contributed by atoms with E-state index in [1.165, 1.54) is 17.2 Å². The average Bonchev–Trinajstić information content (AvgIpc) is 2.41. The summed E-state index contributed by atoms with van der Waals surface area (Å²) in [7, 11) is 0. The van der Waals surface area contributed by atoms with Gasteiger partial charge in [0.15, 0.2) is 0 Å². The molecule has 5 nitrogen and oxygen atoms in total. The second kappa shape index (κ2) is 5.20. The first kappa shape index (κ1) is 13.1. The lowest BCUT2D eigenvalue weighted by molar-refractivity contribution is -0.384. The minimum atomic E-state index is -0.422. The molecule has 1 aliphatic rings.